The molecule has 0 amide bonds. The highest BCUT2D eigenvalue weighted by Gasteiger charge is 2.34. The zero-order chi connectivity index (χ0) is 15.8. The van der Waals surface area contributed by atoms with Crippen LogP contribution in [0.4, 0.5) is 0 Å². The summed E-state index contributed by atoms with van der Waals surface area (Å²) in [4.78, 5) is 5.14. The first kappa shape index (κ1) is 18.2. The average Bonchev–Trinajstić information content (AvgIpc) is 2.56. The number of piperazine rings is 1. The van der Waals surface area contributed by atoms with Crippen LogP contribution in [0.3, 0.4) is 0 Å². The molecule has 0 bridgehead atoms. The molecule has 0 aromatic carbocycles. The zero-order valence-corrected chi connectivity index (χ0v) is 14.7. The van der Waals surface area contributed by atoms with Gasteiger partial charge in [-0.05, 0) is 31.1 Å². The molecule has 1 atom stereocenters. The predicted molar refractivity (Wildman–Crippen MR) is 91.2 cm³/mol. The summed E-state index contributed by atoms with van der Waals surface area (Å²) in [6.45, 7) is 9.17. The monoisotopic (exact) mass is 312 g/mol. The SMILES string of the molecule is CCC(CO)N1CCN(CC2(CCOC)CCCCC2)CC1. The summed E-state index contributed by atoms with van der Waals surface area (Å²) in [7, 11) is 1.83. The van der Waals surface area contributed by atoms with Crippen molar-refractivity contribution in [3.8, 4) is 0 Å². The Balaban J connectivity index is 1.84. The minimum atomic E-state index is 0.300. The number of hydrogen-bond donors (Lipinski definition) is 1. The maximum atomic E-state index is 9.47. The van der Waals surface area contributed by atoms with Gasteiger partial charge in [0.25, 0.3) is 0 Å². The molecule has 0 aromatic heterocycles. The summed E-state index contributed by atoms with van der Waals surface area (Å²) in [5, 5.41) is 9.47. The lowest BCUT2D eigenvalue weighted by molar-refractivity contribution is 0.0197. The van der Waals surface area contributed by atoms with Crippen LogP contribution in [-0.4, -0.2) is 74.0 Å². The molecular weight excluding hydrogens is 276 g/mol. The Morgan fingerprint density at radius 2 is 1.77 bits per heavy atom. The number of rotatable bonds is 8. The maximum Gasteiger partial charge on any atom is 0.0586 e. The van der Waals surface area contributed by atoms with Crippen LogP contribution in [0, 0.1) is 5.41 Å². The summed E-state index contributed by atoms with van der Waals surface area (Å²) >= 11 is 0. The number of aliphatic hydroxyl groups is 1. The molecule has 1 N–H and O–H groups in total. The minimum absolute atomic E-state index is 0.300. The third-order valence-corrected chi connectivity index (χ3v) is 5.92. The second kappa shape index (κ2) is 9.21. The van der Waals surface area contributed by atoms with E-state index in [-0.39, 0.29) is 0 Å². The van der Waals surface area contributed by atoms with Crippen LogP contribution in [-0.2, 0) is 4.74 Å². The largest absolute Gasteiger partial charge is 0.395 e. The lowest BCUT2D eigenvalue weighted by atomic mass is 9.71. The highest BCUT2D eigenvalue weighted by atomic mass is 16.5. The van der Waals surface area contributed by atoms with Gasteiger partial charge < -0.3 is 14.7 Å². The highest BCUT2D eigenvalue weighted by Crippen LogP contribution is 2.40. The first-order chi connectivity index (χ1) is 10.7. The highest BCUT2D eigenvalue weighted by molar-refractivity contribution is 4.88. The molecule has 2 fully saturated rings. The molecule has 1 saturated heterocycles. The fourth-order valence-electron chi connectivity index (χ4n) is 4.37. The second-order valence-corrected chi connectivity index (χ2v) is 7.36. The fourth-order valence-corrected chi connectivity index (χ4v) is 4.37. The molecule has 4 heteroatoms. The fraction of sp³-hybridized carbons (Fsp3) is 1.00. The molecule has 1 aliphatic heterocycles. The van der Waals surface area contributed by atoms with Gasteiger partial charge in [-0.1, -0.05) is 26.2 Å². The molecule has 0 spiro atoms. The van der Waals surface area contributed by atoms with Gasteiger partial charge in [-0.15, -0.1) is 0 Å². The molecule has 1 unspecified atom stereocenters. The summed E-state index contributed by atoms with van der Waals surface area (Å²) in [5.74, 6) is 0. The normalized spacial score (nSPS) is 25.2. The average molecular weight is 312 g/mol. The zero-order valence-electron chi connectivity index (χ0n) is 14.7. The van der Waals surface area contributed by atoms with Gasteiger partial charge in [0.15, 0.2) is 0 Å². The molecule has 130 valence electrons. The summed E-state index contributed by atoms with van der Waals surface area (Å²) in [6.07, 6.45) is 9.23. The number of aliphatic hydroxyl groups excluding tert-OH is 1. The van der Waals surface area contributed by atoms with Gasteiger partial charge >= 0.3 is 0 Å². The van der Waals surface area contributed by atoms with Crippen LogP contribution in [0.15, 0.2) is 0 Å². The van der Waals surface area contributed by atoms with Crippen LogP contribution in [0.5, 0.6) is 0 Å². The van der Waals surface area contributed by atoms with Gasteiger partial charge in [0.1, 0.15) is 0 Å². The molecule has 1 saturated carbocycles. The Kier molecular flexibility index (Phi) is 7.61. The van der Waals surface area contributed by atoms with E-state index in [0.29, 0.717) is 18.1 Å². The van der Waals surface area contributed by atoms with Gasteiger partial charge in [-0.25, -0.2) is 0 Å². The number of methoxy groups -OCH3 is 1. The molecule has 2 rings (SSSR count). The molecule has 2 aliphatic rings. The summed E-state index contributed by atoms with van der Waals surface area (Å²) in [5.41, 5.74) is 0.498. The van der Waals surface area contributed by atoms with Crippen molar-refractivity contribution in [2.45, 2.75) is 57.9 Å². The van der Waals surface area contributed by atoms with Gasteiger partial charge in [-0.2, -0.15) is 0 Å². The Bertz CT molecular complexity index is 293. The second-order valence-electron chi connectivity index (χ2n) is 7.36. The van der Waals surface area contributed by atoms with Crippen LogP contribution < -0.4 is 0 Å². The number of hydrogen-bond acceptors (Lipinski definition) is 4. The van der Waals surface area contributed by atoms with Crippen molar-refractivity contribution in [3.05, 3.63) is 0 Å². The third kappa shape index (κ3) is 4.92. The summed E-state index contributed by atoms with van der Waals surface area (Å²) < 4.78 is 5.38. The van der Waals surface area contributed by atoms with Gasteiger partial charge in [0, 0.05) is 52.5 Å². The van der Waals surface area contributed by atoms with Crippen LogP contribution in [0.2, 0.25) is 0 Å². The van der Waals surface area contributed by atoms with E-state index in [4.69, 9.17) is 4.74 Å². The van der Waals surface area contributed by atoms with Gasteiger partial charge in [0.05, 0.1) is 6.61 Å². The van der Waals surface area contributed by atoms with Crippen LogP contribution in [0.1, 0.15) is 51.9 Å². The minimum Gasteiger partial charge on any atom is -0.395 e. The van der Waals surface area contributed by atoms with E-state index >= 15 is 0 Å². The Labute approximate surface area is 136 Å². The molecule has 1 heterocycles. The van der Waals surface area contributed by atoms with Crippen LogP contribution in [0.25, 0.3) is 0 Å². The maximum absolute atomic E-state index is 9.47. The Morgan fingerprint density at radius 1 is 1.09 bits per heavy atom. The van der Waals surface area contributed by atoms with Gasteiger partial charge in [0.2, 0.25) is 0 Å². The first-order valence-corrected chi connectivity index (χ1v) is 9.29. The lowest BCUT2D eigenvalue weighted by Gasteiger charge is -2.45. The summed E-state index contributed by atoms with van der Waals surface area (Å²) in [6, 6.07) is 0.360. The Hall–Kier alpha value is -0.160. The van der Waals surface area contributed by atoms with Crippen molar-refractivity contribution >= 4 is 0 Å². The van der Waals surface area contributed by atoms with E-state index in [1.54, 1.807) is 0 Å². The van der Waals surface area contributed by atoms with E-state index in [9.17, 15) is 5.11 Å². The van der Waals surface area contributed by atoms with E-state index < -0.39 is 0 Å². The molecule has 0 radical (unpaired) electrons. The van der Waals surface area contributed by atoms with Crippen molar-refractivity contribution in [2.24, 2.45) is 5.41 Å². The third-order valence-electron chi connectivity index (χ3n) is 5.92. The van der Waals surface area contributed by atoms with E-state index in [2.05, 4.69) is 16.7 Å². The quantitative estimate of drug-likeness (QED) is 0.746. The molecular formula is C18H36N2O2. The standard InChI is InChI=1S/C18H36N2O2/c1-3-17(15-21)20-12-10-19(11-13-20)16-18(9-14-22-2)7-5-4-6-8-18/h17,21H,3-16H2,1-2H3. The van der Waals surface area contributed by atoms with Crippen molar-refractivity contribution in [3.63, 3.8) is 0 Å². The lowest BCUT2D eigenvalue weighted by Crippen LogP contribution is -2.53. The van der Waals surface area contributed by atoms with Crippen LogP contribution >= 0.6 is 0 Å². The first-order valence-electron chi connectivity index (χ1n) is 9.29. The van der Waals surface area contributed by atoms with Crippen molar-refractivity contribution in [1.29, 1.82) is 0 Å². The number of ether oxygens (including phenoxy) is 1. The molecule has 22 heavy (non-hydrogen) atoms. The van der Waals surface area contributed by atoms with Crippen molar-refractivity contribution in [1.82, 2.24) is 9.80 Å². The van der Waals surface area contributed by atoms with E-state index in [0.717, 1.165) is 39.2 Å². The van der Waals surface area contributed by atoms with Crippen molar-refractivity contribution < 1.29 is 9.84 Å². The Morgan fingerprint density at radius 3 is 2.32 bits per heavy atom. The molecule has 0 aromatic rings. The van der Waals surface area contributed by atoms with E-state index in [1.165, 1.54) is 45.1 Å². The molecule has 1 aliphatic carbocycles. The van der Waals surface area contributed by atoms with Crippen molar-refractivity contribution in [2.75, 3.05) is 53.0 Å². The predicted octanol–water partition coefficient (Wildman–Crippen LogP) is 2.36. The number of nitrogens with zero attached hydrogens (tertiary/aromatic N) is 2. The smallest absolute Gasteiger partial charge is 0.0586 e. The van der Waals surface area contributed by atoms with Gasteiger partial charge in [-0.3, -0.25) is 4.90 Å². The van der Waals surface area contributed by atoms with E-state index in [1.807, 2.05) is 7.11 Å². The topological polar surface area (TPSA) is 35.9 Å². The molecule has 4 nitrogen and oxygen atoms in total.